The first-order chi connectivity index (χ1) is 6.78. The molecule has 0 saturated heterocycles. The fourth-order valence-electron chi connectivity index (χ4n) is 2.21. The van der Waals surface area contributed by atoms with Crippen LogP contribution in [0, 0.1) is 18.8 Å². The summed E-state index contributed by atoms with van der Waals surface area (Å²) in [5.74, 6) is 1.87. The smallest absolute Gasteiger partial charge is 0.0417 e. The molecule has 0 aliphatic rings. The molecule has 0 spiro atoms. The third kappa shape index (κ3) is 6.45. The molecule has 0 saturated carbocycles. The van der Waals surface area contributed by atoms with Gasteiger partial charge in [-0.2, -0.15) is 0 Å². The highest BCUT2D eigenvalue weighted by Crippen LogP contribution is 2.22. The van der Waals surface area contributed by atoms with Crippen LogP contribution in [-0.4, -0.2) is 0 Å². The summed E-state index contributed by atoms with van der Waals surface area (Å²) in [6.45, 7) is 10.9. The number of hydrogen-bond donors (Lipinski definition) is 0. The summed E-state index contributed by atoms with van der Waals surface area (Å²) in [7, 11) is 0. The van der Waals surface area contributed by atoms with E-state index in [1.807, 2.05) is 0 Å². The van der Waals surface area contributed by atoms with Gasteiger partial charge in [0.2, 0.25) is 0 Å². The SMILES string of the molecule is [CH2]CC(CC)CCCC(CC)CCC. The Kier molecular flexibility index (Phi) is 9.55. The topological polar surface area (TPSA) is 0 Å². The van der Waals surface area contributed by atoms with Crippen LogP contribution < -0.4 is 0 Å². The highest BCUT2D eigenvalue weighted by molar-refractivity contribution is 4.62. The van der Waals surface area contributed by atoms with Crippen LogP contribution in [-0.2, 0) is 0 Å². The summed E-state index contributed by atoms with van der Waals surface area (Å²) in [5, 5.41) is 0. The van der Waals surface area contributed by atoms with E-state index in [-0.39, 0.29) is 0 Å². The van der Waals surface area contributed by atoms with Crippen LogP contribution in [0.2, 0.25) is 0 Å². The fourth-order valence-corrected chi connectivity index (χ4v) is 2.21. The minimum absolute atomic E-state index is 0.883. The van der Waals surface area contributed by atoms with Crippen LogP contribution in [0.4, 0.5) is 0 Å². The molecule has 14 heavy (non-hydrogen) atoms. The molecular weight excluding hydrogens is 168 g/mol. The average molecular weight is 197 g/mol. The van der Waals surface area contributed by atoms with Gasteiger partial charge in [-0.1, -0.05) is 79.1 Å². The van der Waals surface area contributed by atoms with Crippen molar-refractivity contribution in [3.05, 3.63) is 6.92 Å². The lowest BCUT2D eigenvalue weighted by Gasteiger charge is -2.16. The Balaban J connectivity index is 3.48. The summed E-state index contributed by atoms with van der Waals surface area (Å²) in [6.07, 6.45) is 10.9. The lowest BCUT2D eigenvalue weighted by molar-refractivity contribution is 0.376. The van der Waals surface area contributed by atoms with E-state index in [0.717, 1.165) is 18.3 Å². The van der Waals surface area contributed by atoms with Crippen LogP contribution in [0.5, 0.6) is 0 Å². The summed E-state index contributed by atoms with van der Waals surface area (Å²) < 4.78 is 0. The number of rotatable bonds is 9. The van der Waals surface area contributed by atoms with Gasteiger partial charge in [0.05, 0.1) is 0 Å². The Hall–Kier alpha value is 0. The Morgan fingerprint density at radius 3 is 1.86 bits per heavy atom. The van der Waals surface area contributed by atoms with Gasteiger partial charge in [0, 0.05) is 0 Å². The van der Waals surface area contributed by atoms with E-state index in [1.165, 1.54) is 44.9 Å². The van der Waals surface area contributed by atoms with E-state index in [0.29, 0.717) is 0 Å². The maximum absolute atomic E-state index is 4.01. The zero-order valence-corrected chi connectivity index (χ0v) is 10.5. The second-order valence-electron chi connectivity index (χ2n) is 4.56. The zero-order valence-electron chi connectivity index (χ0n) is 10.5. The van der Waals surface area contributed by atoms with Crippen molar-refractivity contribution in [2.45, 2.75) is 72.1 Å². The highest BCUT2D eigenvalue weighted by Gasteiger charge is 2.07. The van der Waals surface area contributed by atoms with Crippen LogP contribution in [0.3, 0.4) is 0 Å². The average Bonchev–Trinajstić information content (AvgIpc) is 2.23. The van der Waals surface area contributed by atoms with Crippen LogP contribution >= 0.6 is 0 Å². The van der Waals surface area contributed by atoms with Gasteiger partial charge in [0.1, 0.15) is 0 Å². The molecule has 0 aromatic heterocycles. The van der Waals surface area contributed by atoms with Gasteiger partial charge in [-0.15, -0.1) is 0 Å². The van der Waals surface area contributed by atoms with E-state index >= 15 is 0 Å². The van der Waals surface area contributed by atoms with Crippen molar-refractivity contribution in [2.75, 3.05) is 0 Å². The van der Waals surface area contributed by atoms with E-state index in [4.69, 9.17) is 0 Å². The van der Waals surface area contributed by atoms with Crippen LogP contribution in [0.25, 0.3) is 0 Å². The standard InChI is InChI=1S/C14H29/c1-5-10-14(8-4)12-9-11-13(6-2)7-3/h13-14H,2,5-12H2,1,3-4H3. The summed E-state index contributed by atoms with van der Waals surface area (Å²) >= 11 is 0. The first-order valence-electron chi connectivity index (χ1n) is 6.57. The molecule has 0 aliphatic carbocycles. The van der Waals surface area contributed by atoms with Crippen LogP contribution in [0.15, 0.2) is 0 Å². The second kappa shape index (κ2) is 9.55. The predicted octanol–water partition coefficient (Wildman–Crippen LogP) is 5.23. The third-order valence-electron chi connectivity index (χ3n) is 3.48. The molecule has 0 bridgehead atoms. The molecule has 2 unspecified atom stereocenters. The molecule has 1 radical (unpaired) electrons. The largest absolute Gasteiger partial charge is 0.0654 e. The minimum Gasteiger partial charge on any atom is -0.0654 e. The fraction of sp³-hybridized carbons (Fsp3) is 0.929. The Labute approximate surface area is 91.5 Å². The molecule has 0 heteroatoms. The summed E-state index contributed by atoms with van der Waals surface area (Å²) in [5.41, 5.74) is 0. The number of hydrogen-bond acceptors (Lipinski definition) is 0. The van der Waals surface area contributed by atoms with Crippen molar-refractivity contribution in [2.24, 2.45) is 11.8 Å². The monoisotopic (exact) mass is 197 g/mol. The van der Waals surface area contributed by atoms with Crippen molar-refractivity contribution in [3.63, 3.8) is 0 Å². The van der Waals surface area contributed by atoms with Gasteiger partial charge < -0.3 is 0 Å². The first-order valence-corrected chi connectivity index (χ1v) is 6.57. The van der Waals surface area contributed by atoms with Crippen molar-refractivity contribution < 1.29 is 0 Å². The lowest BCUT2D eigenvalue weighted by Crippen LogP contribution is -2.01. The predicted molar refractivity (Wildman–Crippen MR) is 66.3 cm³/mol. The molecule has 0 aliphatic heterocycles. The molecule has 0 N–H and O–H groups in total. The minimum atomic E-state index is 0.883. The molecule has 0 fully saturated rings. The molecule has 2 atom stereocenters. The van der Waals surface area contributed by atoms with Gasteiger partial charge in [-0.05, 0) is 11.8 Å². The van der Waals surface area contributed by atoms with Crippen molar-refractivity contribution in [1.29, 1.82) is 0 Å². The maximum atomic E-state index is 4.01. The van der Waals surface area contributed by atoms with Crippen molar-refractivity contribution in [3.8, 4) is 0 Å². The lowest BCUT2D eigenvalue weighted by atomic mass is 9.90. The van der Waals surface area contributed by atoms with Gasteiger partial charge in [-0.25, -0.2) is 0 Å². The van der Waals surface area contributed by atoms with E-state index in [2.05, 4.69) is 27.7 Å². The third-order valence-corrected chi connectivity index (χ3v) is 3.48. The molecule has 0 rings (SSSR count). The zero-order chi connectivity index (χ0) is 10.8. The van der Waals surface area contributed by atoms with Gasteiger partial charge in [0.15, 0.2) is 0 Å². The molecule has 0 aromatic rings. The van der Waals surface area contributed by atoms with E-state index < -0.39 is 0 Å². The summed E-state index contributed by atoms with van der Waals surface area (Å²) in [6, 6.07) is 0. The molecule has 0 aromatic carbocycles. The first kappa shape index (κ1) is 14.0. The van der Waals surface area contributed by atoms with Gasteiger partial charge in [-0.3, -0.25) is 0 Å². The van der Waals surface area contributed by atoms with Crippen molar-refractivity contribution >= 4 is 0 Å². The highest BCUT2D eigenvalue weighted by atomic mass is 14.1. The van der Waals surface area contributed by atoms with Gasteiger partial charge in [0.25, 0.3) is 0 Å². The Bertz CT molecular complexity index is 103. The molecule has 0 heterocycles. The van der Waals surface area contributed by atoms with Crippen molar-refractivity contribution in [1.82, 2.24) is 0 Å². The van der Waals surface area contributed by atoms with Crippen LogP contribution in [0.1, 0.15) is 72.1 Å². The second-order valence-corrected chi connectivity index (χ2v) is 4.56. The van der Waals surface area contributed by atoms with E-state index in [1.54, 1.807) is 0 Å². The quantitative estimate of drug-likeness (QED) is 0.474. The normalized spacial score (nSPS) is 13.5. The van der Waals surface area contributed by atoms with Gasteiger partial charge >= 0.3 is 0 Å². The molecule has 85 valence electrons. The summed E-state index contributed by atoms with van der Waals surface area (Å²) in [4.78, 5) is 0. The molecule has 0 amide bonds. The molecular formula is C14H29. The Morgan fingerprint density at radius 2 is 1.43 bits per heavy atom. The molecule has 0 nitrogen and oxygen atoms in total. The van der Waals surface area contributed by atoms with E-state index in [9.17, 15) is 0 Å². The maximum Gasteiger partial charge on any atom is -0.0417 e. The Morgan fingerprint density at radius 1 is 0.857 bits per heavy atom.